The Morgan fingerprint density at radius 1 is 1.62 bits per heavy atom. The maximum Gasteiger partial charge on any atom is 0.346 e. The van der Waals surface area contributed by atoms with E-state index in [1.165, 1.54) is 0 Å². The molecule has 0 aromatic carbocycles. The molecule has 0 aromatic rings. The third-order valence-electron chi connectivity index (χ3n) is 1.12. The number of hydrogen-bond donors (Lipinski definition) is 3. The first-order chi connectivity index (χ1) is 5.97. The molecule has 1 N–H and O–H groups in total. The van der Waals surface area contributed by atoms with Gasteiger partial charge in [-0.15, -0.1) is 24.4 Å². The second-order valence-corrected chi connectivity index (χ2v) is 5.38. The maximum atomic E-state index is 11.0. The minimum atomic E-state index is -1.17. The van der Waals surface area contributed by atoms with Crippen LogP contribution < -0.4 is 0 Å². The summed E-state index contributed by atoms with van der Waals surface area (Å²) in [6.45, 7) is 3.53. The largest absolute Gasteiger partial charge is 0.449 e. The third kappa shape index (κ3) is 6.54. The fourth-order valence-corrected chi connectivity index (χ4v) is 1.63. The van der Waals surface area contributed by atoms with E-state index in [1.54, 1.807) is 6.92 Å². The van der Waals surface area contributed by atoms with E-state index in [2.05, 4.69) is 30.0 Å². The first-order valence-corrected chi connectivity index (χ1v) is 5.85. The van der Waals surface area contributed by atoms with Gasteiger partial charge in [-0.1, -0.05) is 6.92 Å². The van der Waals surface area contributed by atoms with Crippen molar-refractivity contribution in [1.82, 2.24) is 0 Å². The fourth-order valence-electron chi connectivity index (χ4n) is 0.527. The Labute approximate surface area is 93.4 Å². The Bertz CT molecular complexity index is 163. The second-order valence-electron chi connectivity index (χ2n) is 2.39. The smallest absolute Gasteiger partial charge is 0.346 e. The molecular weight excluding hydrogens is 228 g/mol. The molecule has 0 amide bonds. The molecule has 0 rings (SSSR count). The van der Waals surface area contributed by atoms with E-state index in [4.69, 9.17) is 0 Å². The molecule has 78 valence electrons. The number of hydrogen-bond acceptors (Lipinski definition) is 6. The van der Waals surface area contributed by atoms with Crippen molar-refractivity contribution >= 4 is 43.0 Å². The summed E-state index contributed by atoms with van der Waals surface area (Å²) in [5, 5.41) is 9.27. The molecule has 0 spiro atoms. The molecule has 13 heavy (non-hydrogen) atoms. The number of esters is 1. The van der Waals surface area contributed by atoms with Gasteiger partial charge in [0.1, 0.15) is 5.44 Å². The lowest BCUT2D eigenvalue weighted by Crippen LogP contribution is -2.23. The van der Waals surface area contributed by atoms with Crippen LogP contribution in [0.2, 0.25) is 0 Å². The van der Waals surface area contributed by atoms with E-state index < -0.39 is 16.8 Å². The van der Waals surface area contributed by atoms with Gasteiger partial charge in [0.2, 0.25) is 0 Å². The highest BCUT2D eigenvalue weighted by Gasteiger charge is 2.20. The van der Waals surface area contributed by atoms with Gasteiger partial charge in [-0.3, -0.25) is 0 Å². The Morgan fingerprint density at radius 2 is 2.15 bits per heavy atom. The highest BCUT2D eigenvalue weighted by Crippen LogP contribution is 2.23. The molecule has 3 atom stereocenters. The molecule has 0 saturated heterocycles. The van der Waals surface area contributed by atoms with Gasteiger partial charge in [-0.25, -0.2) is 4.79 Å². The standard InChI is InChI=1S/C7H14O3S3/c1-3-5(12)13-7(9)6(8)10-4(2)11/h4-5,7,9,11-12H,3H2,1-2H3. The summed E-state index contributed by atoms with van der Waals surface area (Å²) in [6, 6.07) is 0. The molecule has 0 fully saturated rings. The molecule has 0 aliphatic rings. The van der Waals surface area contributed by atoms with E-state index >= 15 is 0 Å². The third-order valence-corrected chi connectivity index (χ3v) is 3.06. The number of aliphatic hydroxyl groups is 1. The van der Waals surface area contributed by atoms with Crippen molar-refractivity contribution in [1.29, 1.82) is 0 Å². The Morgan fingerprint density at radius 3 is 2.54 bits per heavy atom. The number of aliphatic hydroxyl groups excluding tert-OH is 1. The summed E-state index contributed by atoms with van der Waals surface area (Å²) in [4.78, 5) is 11.0. The zero-order valence-corrected chi connectivity index (χ0v) is 10.1. The number of rotatable bonds is 5. The van der Waals surface area contributed by atoms with E-state index in [9.17, 15) is 9.90 Å². The quantitative estimate of drug-likeness (QED) is 0.389. The van der Waals surface area contributed by atoms with Gasteiger partial charge >= 0.3 is 5.97 Å². The predicted octanol–water partition coefficient (Wildman–Crippen LogP) is 1.52. The van der Waals surface area contributed by atoms with Gasteiger partial charge in [-0.2, -0.15) is 12.6 Å². The molecule has 3 unspecified atom stereocenters. The molecule has 0 radical (unpaired) electrons. The van der Waals surface area contributed by atoms with Crippen molar-refractivity contribution in [3.63, 3.8) is 0 Å². The maximum absolute atomic E-state index is 11.0. The topological polar surface area (TPSA) is 46.5 Å². The number of ether oxygens (including phenoxy) is 1. The number of thioether (sulfide) groups is 1. The van der Waals surface area contributed by atoms with E-state index in [0.717, 1.165) is 18.2 Å². The van der Waals surface area contributed by atoms with Crippen LogP contribution in [0.4, 0.5) is 0 Å². The second kappa shape index (κ2) is 6.86. The van der Waals surface area contributed by atoms with Crippen LogP contribution in [0.3, 0.4) is 0 Å². The van der Waals surface area contributed by atoms with Crippen LogP contribution in [0.1, 0.15) is 20.3 Å². The van der Waals surface area contributed by atoms with Crippen molar-refractivity contribution in [2.45, 2.75) is 35.7 Å². The summed E-state index contributed by atoms with van der Waals surface area (Å²) < 4.78 is 4.62. The summed E-state index contributed by atoms with van der Waals surface area (Å²) in [6.07, 6.45) is 0.772. The van der Waals surface area contributed by atoms with Gasteiger partial charge in [0.05, 0.1) is 4.58 Å². The zero-order chi connectivity index (χ0) is 10.4. The molecule has 0 aliphatic carbocycles. The molecule has 6 heteroatoms. The lowest BCUT2D eigenvalue weighted by atomic mass is 10.6. The van der Waals surface area contributed by atoms with Gasteiger partial charge in [0.15, 0.2) is 5.44 Å². The number of carbonyl (C=O) groups excluding carboxylic acids is 1. The highest BCUT2D eigenvalue weighted by molar-refractivity contribution is 8.11. The van der Waals surface area contributed by atoms with Crippen LogP contribution in [-0.2, 0) is 9.53 Å². The van der Waals surface area contributed by atoms with Crippen LogP contribution in [0.5, 0.6) is 0 Å². The van der Waals surface area contributed by atoms with Crippen LogP contribution in [0, 0.1) is 0 Å². The van der Waals surface area contributed by atoms with Gasteiger partial charge in [0.25, 0.3) is 0 Å². The zero-order valence-electron chi connectivity index (χ0n) is 7.51. The summed E-state index contributed by atoms with van der Waals surface area (Å²) >= 11 is 9.05. The first-order valence-electron chi connectivity index (χ1n) is 3.87. The van der Waals surface area contributed by atoms with E-state index in [0.29, 0.717) is 0 Å². The average Bonchev–Trinajstić information content (AvgIpc) is 2.02. The van der Waals surface area contributed by atoms with Crippen molar-refractivity contribution in [2.75, 3.05) is 0 Å². The fraction of sp³-hybridized carbons (Fsp3) is 0.857. The molecule has 0 bridgehead atoms. The minimum Gasteiger partial charge on any atom is -0.449 e. The Kier molecular flexibility index (Phi) is 7.12. The monoisotopic (exact) mass is 242 g/mol. The van der Waals surface area contributed by atoms with E-state index in [1.807, 2.05) is 6.92 Å². The number of thiol groups is 2. The normalized spacial score (nSPS) is 17.6. The van der Waals surface area contributed by atoms with Gasteiger partial charge in [-0.05, 0) is 13.3 Å². The predicted molar refractivity (Wildman–Crippen MR) is 61.2 cm³/mol. The Hall–Kier alpha value is 0.480. The van der Waals surface area contributed by atoms with Gasteiger partial charge in [0, 0.05) is 0 Å². The van der Waals surface area contributed by atoms with Crippen LogP contribution >= 0.6 is 37.0 Å². The summed E-state index contributed by atoms with van der Waals surface area (Å²) in [5.41, 5.74) is -1.67. The van der Waals surface area contributed by atoms with Crippen molar-refractivity contribution in [2.24, 2.45) is 0 Å². The van der Waals surface area contributed by atoms with E-state index in [-0.39, 0.29) is 4.58 Å². The van der Waals surface area contributed by atoms with Crippen LogP contribution in [0.15, 0.2) is 0 Å². The SMILES string of the molecule is CCC(S)SC(O)C(=O)OC(C)S. The van der Waals surface area contributed by atoms with Crippen molar-refractivity contribution in [3.05, 3.63) is 0 Å². The lowest BCUT2D eigenvalue weighted by Gasteiger charge is -2.14. The minimum absolute atomic E-state index is 0.0576. The first kappa shape index (κ1) is 13.5. The van der Waals surface area contributed by atoms with Crippen molar-refractivity contribution in [3.8, 4) is 0 Å². The summed E-state index contributed by atoms with van der Waals surface area (Å²) in [7, 11) is 0. The molecule has 0 aromatic heterocycles. The molecule has 0 aliphatic heterocycles. The molecular formula is C7H14O3S3. The average molecular weight is 242 g/mol. The number of carbonyl (C=O) groups is 1. The van der Waals surface area contributed by atoms with Crippen LogP contribution in [0.25, 0.3) is 0 Å². The molecule has 0 saturated carbocycles. The molecule has 0 heterocycles. The summed E-state index contributed by atoms with van der Waals surface area (Å²) in [5.74, 6) is -0.667. The lowest BCUT2D eigenvalue weighted by molar-refractivity contribution is -0.149. The Balaban J connectivity index is 3.82. The van der Waals surface area contributed by atoms with Gasteiger partial charge < -0.3 is 9.84 Å². The van der Waals surface area contributed by atoms with Crippen LogP contribution in [-0.4, -0.2) is 26.5 Å². The molecule has 3 nitrogen and oxygen atoms in total. The highest BCUT2D eigenvalue weighted by atomic mass is 32.2. The van der Waals surface area contributed by atoms with Crippen molar-refractivity contribution < 1.29 is 14.6 Å².